The van der Waals surface area contributed by atoms with Crippen LogP contribution in [-0.4, -0.2) is 14.5 Å². The van der Waals surface area contributed by atoms with Crippen molar-refractivity contribution in [3.05, 3.63) is 67.2 Å². The Labute approximate surface area is 163 Å². The Morgan fingerprint density at radius 1 is 1.12 bits per heavy atom. The van der Waals surface area contributed by atoms with Crippen LogP contribution in [0.5, 0.6) is 0 Å². The summed E-state index contributed by atoms with van der Waals surface area (Å²) in [6, 6.07) is 9.72. The molecule has 0 aliphatic heterocycles. The standard InChI is InChI=1S/C19H17N3OS3/c1-11-12(2)26-17-16(11)18(23)22(15-7-5-4-6-8-15)19(21-17)25-10-14-9-24-13(3)20-14/h4-9H,10H2,1-3H3. The maximum atomic E-state index is 13.3. The maximum Gasteiger partial charge on any atom is 0.267 e. The third-order valence-electron chi connectivity index (χ3n) is 4.20. The number of thiazole rings is 1. The summed E-state index contributed by atoms with van der Waals surface area (Å²) < 4.78 is 1.73. The molecule has 4 nitrogen and oxygen atoms in total. The van der Waals surface area contributed by atoms with Gasteiger partial charge in [-0.15, -0.1) is 22.7 Å². The second-order valence-corrected chi connectivity index (χ2v) is 9.19. The number of thiophene rings is 1. The van der Waals surface area contributed by atoms with Gasteiger partial charge in [-0.1, -0.05) is 30.0 Å². The summed E-state index contributed by atoms with van der Waals surface area (Å²) in [5.74, 6) is 0.693. The zero-order valence-corrected chi connectivity index (χ0v) is 17.1. The molecule has 26 heavy (non-hydrogen) atoms. The van der Waals surface area contributed by atoms with E-state index in [1.165, 1.54) is 0 Å². The van der Waals surface area contributed by atoms with E-state index in [0.29, 0.717) is 10.9 Å². The number of rotatable bonds is 4. The predicted octanol–water partition coefficient (Wildman–Crippen LogP) is 5.12. The SMILES string of the molecule is Cc1nc(CSc2nc3sc(C)c(C)c3c(=O)n2-c2ccccc2)cs1. The lowest BCUT2D eigenvalue weighted by atomic mass is 10.2. The molecule has 0 saturated carbocycles. The second kappa shape index (κ2) is 6.98. The average molecular weight is 400 g/mol. The minimum atomic E-state index is 0.00000774. The summed E-state index contributed by atoms with van der Waals surface area (Å²) >= 11 is 4.78. The number of hydrogen-bond acceptors (Lipinski definition) is 6. The first kappa shape index (κ1) is 17.5. The highest BCUT2D eigenvalue weighted by atomic mass is 32.2. The Morgan fingerprint density at radius 3 is 2.58 bits per heavy atom. The molecule has 0 amide bonds. The normalized spacial score (nSPS) is 11.3. The molecule has 7 heteroatoms. The zero-order valence-electron chi connectivity index (χ0n) is 14.6. The van der Waals surface area contributed by atoms with E-state index in [1.807, 2.05) is 51.1 Å². The molecule has 0 bridgehead atoms. The Kier molecular flexibility index (Phi) is 4.69. The van der Waals surface area contributed by atoms with Crippen LogP contribution in [-0.2, 0) is 5.75 Å². The highest BCUT2D eigenvalue weighted by molar-refractivity contribution is 7.98. The van der Waals surface area contributed by atoms with Gasteiger partial charge in [-0.3, -0.25) is 9.36 Å². The van der Waals surface area contributed by atoms with Crippen molar-refractivity contribution in [3.8, 4) is 5.69 Å². The molecule has 132 valence electrons. The van der Waals surface area contributed by atoms with E-state index in [0.717, 1.165) is 37.0 Å². The highest BCUT2D eigenvalue weighted by Gasteiger charge is 2.18. The van der Waals surface area contributed by atoms with Gasteiger partial charge in [0.1, 0.15) is 4.83 Å². The topological polar surface area (TPSA) is 47.8 Å². The highest BCUT2D eigenvalue weighted by Crippen LogP contribution is 2.30. The molecule has 4 rings (SSSR count). The lowest BCUT2D eigenvalue weighted by Gasteiger charge is -2.11. The summed E-state index contributed by atoms with van der Waals surface area (Å²) in [7, 11) is 0. The van der Waals surface area contributed by atoms with Crippen LogP contribution in [0.15, 0.2) is 45.7 Å². The molecule has 0 spiro atoms. The lowest BCUT2D eigenvalue weighted by Crippen LogP contribution is -2.21. The Balaban J connectivity index is 1.88. The molecule has 0 N–H and O–H groups in total. The summed E-state index contributed by atoms with van der Waals surface area (Å²) in [4.78, 5) is 24.6. The number of hydrogen-bond donors (Lipinski definition) is 0. The van der Waals surface area contributed by atoms with Crippen molar-refractivity contribution in [2.75, 3.05) is 0 Å². The Hall–Kier alpha value is -1.96. The molecule has 0 fully saturated rings. The van der Waals surface area contributed by atoms with Crippen molar-refractivity contribution < 1.29 is 0 Å². The fourth-order valence-electron chi connectivity index (χ4n) is 2.79. The molecule has 0 saturated heterocycles. The first-order chi connectivity index (χ1) is 12.5. The average Bonchev–Trinajstić information content (AvgIpc) is 3.17. The summed E-state index contributed by atoms with van der Waals surface area (Å²) in [6.07, 6.45) is 0. The minimum Gasteiger partial charge on any atom is -0.268 e. The number of para-hydroxylation sites is 1. The van der Waals surface area contributed by atoms with Crippen LogP contribution in [0, 0.1) is 20.8 Å². The van der Waals surface area contributed by atoms with Gasteiger partial charge in [0, 0.05) is 16.0 Å². The van der Waals surface area contributed by atoms with E-state index >= 15 is 0 Å². The summed E-state index contributed by atoms with van der Waals surface area (Å²) in [6.45, 7) is 6.04. The van der Waals surface area contributed by atoms with Crippen LogP contribution < -0.4 is 5.56 Å². The van der Waals surface area contributed by atoms with Gasteiger partial charge in [-0.05, 0) is 38.5 Å². The van der Waals surface area contributed by atoms with Crippen LogP contribution in [0.2, 0.25) is 0 Å². The van der Waals surface area contributed by atoms with Crippen LogP contribution >= 0.6 is 34.4 Å². The van der Waals surface area contributed by atoms with Crippen molar-refractivity contribution in [2.45, 2.75) is 31.7 Å². The second-order valence-electron chi connectivity index (χ2n) is 5.98. The molecule has 1 aromatic carbocycles. The van der Waals surface area contributed by atoms with Crippen molar-refractivity contribution in [1.29, 1.82) is 0 Å². The van der Waals surface area contributed by atoms with Crippen molar-refractivity contribution in [2.24, 2.45) is 0 Å². The fourth-order valence-corrected chi connectivity index (χ4v) is 5.48. The minimum absolute atomic E-state index is 0.00000774. The van der Waals surface area contributed by atoms with E-state index in [4.69, 9.17) is 4.98 Å². The van der Waals surface area contributed by atoms with Gasteiger partial charge in [0.2, 0.25) is 0 Å². The third kappa shape index (κ3) is 3.11. The molecule has 0 unspecified atom stereocenters. The van der Waals surface area contributed by atoms with E-state index in [2.05, 4.69) is 10.4 Å². The van der Waals surface area contributed by atoms with Crippen molar-refractivity contribution in [3.63, 3.8) is 0 Å². The monoisotopic (exact) mass is 399 g/mol. The van der Waals surface area contributed by atoms with Crippen LogP contribution in [0.4, 0.5) is 0 Å². The van der Waals surface area contributed by atoms with Gasteiger partial charge in [0.05, 0.1) is 21.8 Å². The van der Waals surface area contributed by atoms with Gasteiger partial charge < -0.3 is 0 Å². The molecule has 0 aliphatic rings. The van der Waals surface area contributed by atoms with E-state index in [9.17, 15) is 4.79 Å². The summed E-state index contributed by atoms with van der Waals surface area (Å²) in [5.41, 5.74) is 2.89. The smallest absolute Gasteiger partial charge is 0.267 e. The number of nitrogens with zero attached hydrogens (tertiary/aromatic N) is 3. The molecule has 0 atom stereocenters. The number of fused-ring (bicyclic) bond motifs is 1. The quantitative estimate of drug-likeness (QED) is 0.353. The van der Waals surface area contributed by atoms with Crippen LogP contribution in [0.3, 0.4) is 0 Å². The van der Waals surface area contributed by atoms with Gasteiger partial charge in [0.15, 0.2) is 5.16 Å². The maximum absolute atomic E-state index is 13.3. The summed E-state index contributed by atoms with van der Waals surface area (Å²) in [5, 5.41) is 4.55. The first-order valence-electron chi connectivity index (χ1n) is 8.16. The Bertz CT molecular complexity index is 1140. The molecule has 0 aliphatic carbocycles. The molecule has 3 aromatic heterocycles. The fraction of sp³-hybridized carbons (Fsp3) is 0.211. The van der Waals surface area contributed by atoms with Gasteiger partial charge in [0.25, 0.3) is 5.56 Å². The first-order valence-corrected chi connectivity index (χ1v) is 10.8. The van der Waals surface area contributed by atoms with Gasteiger partial charge >= 0.3 is 0 Å². The largest absolute Gasteiger partial charge is 0.268 e. The van der Waals surface area contributed by atoms with Crippen molar-refractivity contribution >= 4 is 44.7 Å². The van der Waals surface area contributed by atoms with Gasteiger partial charge in [-0.2, -0.15) is 0 Å². The predicted molar refractivity (Wildman–Crippen MR) is 111 cm³/mol. The van der Waals surface area contributed by atoms with Crippen LogP contribution in [0.25, 0.3) is 15.9 Å². The van der Waals surface area contributed by atoms with Crippen LogP contribution in [0.1, 0.15) is 21.1 Å². The van der Waals surface area contributed by atoms with E-state index in [-0.39, 0.29) is 5.56 Å². The number of benzene rings is 1. The molecular formula is C19H17N3OS3. The Morgan fingerprint density at radius 2 is 1.88 bits per heavy atom. The molecule has 0 radical (unpaired) electrons. The van der Waals surface area contributed by atoms with Gasteiger partial charge in [-0.25, -0.2) is 9.97 Å². The van der Waals surface area contributed by atoms with Crippen molar-refractivity contribution in [1.82, 2.24) is 14.5 Å². The molecule has 3 heterocycles. The molecular weight excluding hydrogens is 382 g/mol. The third-order valence-corrected chi connectivity index (χ3v) is 7.10. The number of aromatic nitrogens is 3. The molecule has 4 aromatic rings. The van der Waals surface area contributed by atoms with E-state index < -0.39 is 0 Å². The zero-order chi connectivity index (χ0) is 18.3. The number of aryl methyl sites for hydroxylation is 3. The van der Waals surface area contributed by atoms with E-state index in [1.54, 1.807) is 39.0 Å². The lowest BCUT2D eigenvalue weighted by molar-refractivity contribution is 0.821. The number of thioether (sulfide) groups is 1.